The predicted molar refractivity (Wildman–Crippen MR) is 83.0 cm³/mol. The quantitative estimate of drug-likeness (QED) is 0.796. The number of benzene rings is 1. The molecule has 1 atom stereocenters. The van der Waals surface area contributed by atoms with E-state index in [1.807, 2.05) is 17.4 Å². The molecular formula is C16H17N3S. The third-order valence-electron chi connectivity index (χ3n) is 4.03. The summed E-state index contributed by atoms with van der Waals surface area (Å²) in [5, 5.41) is 2.15. The number of likely N-dealkylation sites (tertiary alicyclic amines) is 1. The highest BCUT2D eigenvalue weighted by Crippen LogP contribution is 2.28. The van der Waals surface area contributed by atoms with E-state index in [2.05, 4.69) is 45.6 Å². The highest BCUT2D eigenvalue weighted by Gasteiger charge is 2.26. The number of H-pyrrole nitrogens is 1. The standard InChI is InChI=1S/C16H17N3S/c1-2-6-15-14(5-1)17-16(18-15)12-7-8-19(10-12)11-13-4-3-9-20-13/h1-6,9,12H,7-8,10-11H2,(H,17,18)/t12-/m0/s1. The number of aromatic nitrogens is 2. The Morgan fingerprint density at radius 3 is 3.05 bits per heavy atom. The van der Waals surface area contributed by atoms with E-state index in [1.165, 1.54) is 17.8 Å². The van der Waals surface area contributed by atoms with Crippen LogP contribution < -0.4 is 0 Å². The van der Waals surface area contributed by atoms with Crippen molar-refractivity contribution in [1.29, 1.82) is 0 Å². The molecular weight excluding hydrogens is 266 g/mol. The first-order chi connectivity index (χ1) is 9.88. The monoisotopic (exact) mass is 283 g/mol. The average molecular weight is 283 g/mol. The Morgan fingerprint density at radius 2 is 2.20 bits per heavy atom. The third kappa shape index (κ3) is 2.25. The van der Waals surface area contributed by atoms with Crippen LogP contribution in [0.15, 0.2) is 41.8 Å². The van der Waals surface area contributed by atoms with Crippen LogP contribution >= 0.6 is 11.3 Å². The van der Waals surface area contributed by atoms with Gasteiger partial charge in [0.15, 0.2) is 0 Å². The molecule has 0 spiro atoms. The average Bonchev–Trinajstić information content (AvgIpc) is 3.18. The minimum absolute atomic E-state index is 0.544. The number of imidazole rings is 1. The van der Waals surface area contributed by atoms with Crippen LogP contribution in [0.1, 0.15) is 23.0 Å². The van der Waals surface area contributed by atoms with Gasteiger partial charge in [-0.25, -0.2) is 4.98 Å². The second-order valence-electron chi connectivity index (χ2n) is 5.44. The van der Waals surface area contributed by atoms with E-state index in [0.29, 0.717) is 5.92 Å². The lowest BCUT2D eigenvalue weighted by Gasteiger charge is -2.13. The lowest BCUT2D eigenvalue weighted by atomic mass is 10.1. The summed E-state index contributed by atoms with van der Waals surface area (Å²) in [7, 11) is 0. The summed E-state index contributed by atoms with van der Waals surface area (Å²) in [4.78, 5) is 12.2. The van der Waals surface area contributed by atoms with E-state index in [1.54, 1.807) is 0 Å². The Kier molecular flexibility index (Phi) is 3.05. The first-order valence-electron chi connectivity index (χ1n) is 7.08. The lowest BCUT2D eigenvalue weighted by Crippen LogP contribution is -2.19. The molecule has 0 amide bonds. The normalized spacial score (nSPS) is 19.9. The number of nitrogens with one attached hydrogen (secondary N) is 1. The van der Waals surface area contributed by atoms with Gasteiger partial charge in [0.2, 0.25) is 0 Å². The van der Waals surface area contributed by atoms with E-state index in [4.69, 9.17) is 4.98 Å². The van der Waals surface area contributed by atoms with Crippen LogP contribution in [0.5, 0.6) is 0 Å². The molecule has 20 heavy (non-hydrogen) atoms. The van der Waals surface area contributed by atoms with Gasteiger partial charge in [-0.3, -0.25) is 4.90 Å². The SMILES string of the molecule is c1csc(CN2CC[C@H](c3nc4ccccc4[nH]3)C2)c1. The summed E-state index contributed by atoms with van der Waals surface area (Å²) in [6.45, 7) is 3.35. The van der Waals surface area contributed by atoms with Crippen molar-refractivity contribution in [3.8, 4) is 0 Å². The van der Waals surface area contributed by atoms with E-state index in [0.717, 1.165) is 29.9 Å². The Hall–Kier alpha value is -1.65. The first-order valence-corrected chi connectivity index (χ1v) is 7.96. The van der Waals surface area contributed by atoms with Gasteiger partial charge in [0.05, 0.1) is 11.0 Å². The highest BCUT2D eigenvalue weighted by molar-refractivity contribution is 7.09. The van der Waals surface area contributed by atoms with Gasteiger partial charge in [-0.1, -0.05) is 18.2 Å². The van der Waals surface area contributed by atoms with Crippen molar-refractivity contribution < 1.29 is 0 Å². The van der Waals surface area contributed by atoms with Gasteiger partial charge < -0.3 is 4.98 Å². The van der Waals surface area contributed by atoms with Crippen LogP contribution in [-0.2, 0) is 6.54 Å². The molecule has 4 rings (SSSR count). The van der Waals surface area contributed by atoms with Crippen molar-refractivity contribution in [2.75, 3.05) is 13.1 Å². The summed E-state index contributed by atoms with van der Waals surface area (Å²) >= 11 is 1.85. The molecule has 3 aromatic rings. The number of para-hydroxylation sites is 2. The topological polar surface area (TPSA) is 31.9 Å². The molecule has 0 aliphatic carbocycles. The number of nitrogens with zero attached hydrogens (tertiary/aromatic N) is 2. The highest BCUT2D eigenvalue weighted by atomic mass is 32.1. The van der Waals surface area contributed by atoms with Gasteiger partial charge in [0, 0.05) is 23.9 Å². The van der Waals surface area contributed by atoms with Crippen molar-refractivity contribution in [1.82, 2.24) is 14.9 Å². The minimum atomic E-state index is 0.544. The summed E-state index contributed by atoms with van der Waals surface area (Å²) in [5.74, 6) is 1.70. The first kappa shape index (κ1) is 12.1. The molecule has 1 aliphatic rings. The Labute approximate surface area is 122 Å². The maximum Gasteiger partial charge on any atom is 0.111 e. The summed E-state index contributed by atoms with van der Waals surface area (Å²) in [6, 6.07) is 12.6. The molecule has 1 N–H and O–H groups in total. The molecule has 2 aromatic heterocycles. The van der Waals surface area contributed by atoms with E-state index in [-0.39, 0.29) is 0 Å². The third-order valence-corrected chi connectivity index (χ3v) is 4.89. The number of thiophene rings is 1. The second kappa shape index (κ2) is 5.04. The van der Waals surface area contributed by atoms with Crippen molar-refractivity contribution in [2.45, 2.75) is 18.9 Å². The van der Waals surface area contributed by atoms with Crippen molar-refractivity contribution in [3.05, 3.63) is 52.5 Å². The van der Waals surface area contributed by atoms with E-state index >= 15 is 0 Å². The number of hydrogen-bond donors (Lipinski definition) is 1. The minimum Gasteiger partial charge on any atom is -0.342 e. The van der Waals surface area contributed by atoms with Gasteiger partial charge >= 0.3 is 0 Å². The fourth-order valence-electron chi connectivity index (χ4n) is 2.99. The Morgan fingerprint density at radius 1 is 1.25 bits per heavy atom. The van der Waals surface area contributed by atoms with Crippen LogP contribution in [0.3, 0.4) is 0 Å². The van der Waals surface area contributed by atoms with Gasteiger partial charge in [0.25, 0.3) is 0 Å². The molecule has 1 fully saturated rings. The Bertz CT molecular complexity index is 668. The summed E-state index contributed by atoms with van der Waals surface area (Å²) < 4.78 is 0. The molecule has 0 radical (unpaired) electrons. The molecule has 0 bridgehead atoms. The Balaban J connectivity index is 1.50. The van der Waals surface area contributed by atoms with Crippen molar-refractivity contribution in [2.24, 2.45) is 0 Å². The van der Waals surface area contributed by atoms with Crippen LogP contribution in [0.4, 0.5) is 0 Å². The van der Waals surface area contributed by atoms with Crippen molar-refractivity contribution in [3.63, 3.8) is 0 Å². The summed E-state index contributed by atoms with van der Waals surface area (Å²) in [6.07, 6.45) is 1.20. The number of aromatic amines is 1. The lowest BCUT2D eigenvalue weighted by molar-refractivity contribution is 0.329. The van der Waals surface area contributed by atoms with E-state index < -0.39 is 0 Å². The molecule has 3 heterocycles. The fourth-order valence-corrected chi connectivity index (χ4v) is 3.73. The molecule has 1 aliphatic heterocycles. The molecule has 3 nitrogen and oxygen atoms in total. The maximum atomic E-state index is 4.75. The smallest absolute Gasteiger partial charge is 0.111 e. The predicted octanol–water partition coefficient (Wildman–Crippen LogP) is 3.61. The van der Waals surface area contributed by atoms with Gasteiger partial charge in [-0.05, 0) is 36.5 Å². The van der Waals surface area contributed by atoms with Gasteiger partial charge in [-0.15, -0.1) is 11.3 Å². The van der Waals surface area contributed by atoms with Crippen LogP contribution in [0.2, 0.25) is 0 Å². The fraction of sp³-hybridized carbons (Fsp3) is 0.312. The molecule has 1 saturated heterocycles. The number of fused-ring (bicyclic) bond motifs is 1. The van der Waals surface area contributed by atoms with Crippen LogP contribution in [-0.4, -0.2) is 28.0 Å². The molecule has 0 unspecified atom stereocenters. The van der Waals surface area contributed by atoms with Crippen molar-refractivity contribution >= 4 is 22.4 Å². The van der Waals surface area contributed by atoms with Gasteiger partial charge in [-0.2, -0.15) is 0 Å². The van der Waals surface area contributed by atoms with Crippen LogP contribution in [0, 0.1) is 0 Å². The largest absolute Gasteiger partial charge is 0.342 e. The molecule has 1 aromatic carbocycles. The molecule has 102 valence electrons. The van der Waals surface area contributed by atoms with E-state index in [9.17, 15) is 0 Å². The van der Waals surface area contributed by atoms with Gasteiger partial charge in [0.1, 0.15) is 5.82 Å². The van der Waals surface area contributed by atoms with Crippen LogP contribution in [0.25, 0.3) is 11.0 Å². The molecule has 4 heteroatoms. The summed E-state index contributed by atoms with van der Waals surface area (Å²) in [5.41, 5.74) is 2.23. The second-order valence-corrected chi connectivity index (χ2v) is 6.47. The maximum absolute atomic E-state index is 4.75. The number of hydrogen-bond acceptors (Lipinski definition) is 3. The zero-order valence-electron chi connectivity index (χ0n) is 11.2. The zero-order chi connectivity index (χ0) is 13.4. The zero-order valence-corrected chi connectivity index (χ0v) is 12.1. The molecule has 0 saturated carbocycles. The number of rotatable bonds is 3.